The quantitative estimate of drug-likeness (QED) is 0.676. The maximum Gasteiger partial charge on any atom is 0.352 e. The summed E-state index contributed by atoms with van der Waals surface area (Å²) in [6.07, 6.45) is 1.18. The topological polar surface area (TPSA) is 126 Å². The summed E-state index contributed by atoms with van der Waals surface area (Å²) in [6, 6.07) is 1.01. The number of nitrogens with zero attached hydrogens (tertiary/aromatic N) is 2. The van der Waals surface area contributed by atoms with Crippen LogP contribution < -0.4 is 5.32 Å². The van der Waals surface area contributed by atoms with Gasteiger partial charge in [-0.1, -0.05) is 0 Å². The molecule has 10 heteroatoms. The van der Waals surface area contributed by atoms with E-state index < -0.39 is 40.9 Å². The van der Waals surface area contributed by atoms with Crippen LogP contribution >= 0.6 is 0 Å². The first-order valence-corrected chi connectivity index (χ1v) is 7.46. The number of piperazine rings is 1. The Labute approximate surface area is 120 Å². The third-order valence-electron chi connectivity index (χ3n) is 2.99. The molecule has 2 N–H and O–H groups in total. The Morgan fingerprint density at radius 2 is 1.90 bits per heavy atom. The summed E-state index contributed by atoms with van der Waals surface area (Å²) in [5.74, 6) is -2.70. The maximum absolute atomic E-state index is 12.4. The van der Waals surface area contributed by atoms with Crippen molar-refractivity contribution in [2.45, 2.75) is 18.4 Å². The highest BCUT2D eigenvalue weighted by Gasteiger charge is 2.34. The molecule has 0 aromatic carbocycles. The molecule has 1 aromatic rings. The van der Waals surface area contributed by atoms with Crippen molar-refractivity contribution in [2.24, 2.45) is 0 Å². The van der Waals surface area contributed by atoms with Crippen molar-refractivity contribution < 1.29 is 27.9 Å². The smallest absolute Gasteiger partial charge is 0.352 e. The predicted octanol–water partition coefficient (Wildman–Crippen LogP) is -1.15. The number of amides is 2. The van der Waals surface area contributed by atoms with Crippen molar-refractivity contribution in [3.8, 4) is 0 Å². The van der Waals surface area contributed by atoms with Gasteiger partial charge in [-0.2, -0.15) is 4.31 Å². The first-order valence-electron chi connectivity index (χ1n) is 6.02. The van der Waals surface area contributed by atoms with Crippen LogP contribution in [0.5, 0.6) is 0 Å². The molecule has 2 heterocycles. The number of hydrogen-bond acceptors (Lipinski definition) is 5. The number of aromatic nitrogens is 1. The number of imide groups is 1. The molecule has 2 amide bonds. The van der Waals surface area contributed by atoms with E-state index in [1.54, 1.807) is 6.92 Å². The zero-order valence-electron chi connectivity index (χ0n) is 11.1. The van der Waals surface area contributed by atoms with Gasteiger partial charge in [-0.3, -0.25) is 14.9 Å². The second kappa shape index (κ2) is 5.30. The molecule has 1 fully saturated rings. The summed E-state index contributed by atoms with van der Waals surface area (Å²) < 4.78 is 26.7. The molecule has 0 saturated carbocycles. The molecule has 9 nitrogen and oxygen atoms in total. The molecule has 0 atom stereocenters. The molecule has 1 aliphatic heterocycles. The fraction of sp³-hybridized carbons (Fsp3) is 0.364. The van der Waals surface area contributed by atoms with E-state index >= 15 is 0 Å². The lowest BCUT2D eigenvalue weighted by Crippen LogP contribution is -2.53. The minimum Gasteiger partial charge on any atom is -0.477 e. The van der Waals surface area contributed by atoms with Crippen molar-refractivity contribution >= 4 is 27.8 Å². The number of carboxylic acid groups (broad SMARTS) is 1. The molecule has 0 spiro atoms. The second-order valence-electron chi connectivity index (χ2n) is 4.40. The summed E-state index contributed by atoms with van der Waals surface area (Å²) >= 11 is 0. The van der Waals surface area contributed by atoms with E-state index in [2.05, 4.69) is 0 Å². The van der Waals surface area contributed by atoms with Gasteiger partial charge in [0.25, 0.3) is 0 Å². The average molecular weight is 315 g/mol. The fourth-order valence-corrected chi connectivity index (χ4v) is 3.39. The minimum absolute atomic E-state index is 0.177. The summed E-state index contributed by atoms with van der Waals surface area (Å²) in [5, 5.41) is 11.0. The van der Waals surface area contributed by atoms with E-state index in [-0.39, 0.29) is 17.1 Å². The number of carbonyl (C=O) groups is 3. The largest absolute Gasteiger partial charge is 0.477 e. The van der Waals surface area contributed by atoms with Crippen LogP contribution in [0.15, 0.2) is 17.2 Å². The summed E-state index contributed by atoms with van der Waals surface area (Å²) in [6.45, 7) is 0.985. The van der Waals surface area contributed by atoms with Crippen LogP contribution in [-0.4, -0.2) is 53.3 Å². The first-order chi connectivity index (χ1) is 9.75. The van der Waals surface area contributed by atoms with Gasteiger partial charge in [-0.25, -0.2) is 13.2 Å². The van der Waals surface area contributed by atoms with Crippen molar-refractivity contribution in [2.75, 3.05) is 13.1 Å². The van der Waals surface area contributed by atoms with Crippen LogP contribution in [0.2, 0.25) is 0 Å². The Balaban J connectivity index is 2.42. The number of carboxylic acids is 1. The SMILES string of the molecule is CCn1cc(S(=O)(=O)N2CC(=O)NC(=O)C2)cc1C(=O)O. The zero-order valence-corrected chi connectivity index (χ0v) is 11.9. The Kier molecular flexibility index (Phi) is 3.83. The highest BCUT2D eigenvalue weighted by Crippen LogP contribution is 2.20. The van der Waals surface area contributed by atoms with Gasteiger partial charge in [-0.05, 0) is 13.0 Å². The number of aromatic carboxylic acids is 1. The molecule has 0 unspecified atom stereocenters. The monoisotopic (exact) mass is 315 g/mol. The van der Waals surface area contributed by atoms with Gasteiger partial charge < -0.3 is 9.67 Å². The Morgan fingerprint density at radius 1 is 1.33 bits per heavy atom. The molecule has 1 saturated heterocycles. The molecule has 114 valence electrons. The van der Waals surface area contributed by atoms with Crippen molar-refractivity contribution in [3.05, 3.63) is 18.0 Å². The van der Waals surface area contributed by atoms with Gasteiger partial charge in [0, 0.05) is 12.7 Å². The van der Waals surface area contributed by atoms with Gasteiger partial charge in [0.2, 0.25) is 21.8 Å². The van der Waals surface area contributed by atoms with Crippen molar-refractivity contribution in [3.63, 3.8) is 0 Å². The lowest BCUT2D eigenvalue weighted by molar-refractivity contribution is -0.134. The van der Waals surface area contributed by atoms with E-state index in [1.807, 2.05) is 5.32 Å². The van der Waals surface area contributed by atoms with Crippen LogP contribution in [-0.2, 0) is 26.2 Å². The standard InChI is InChI=1S/C11H13N3O6S/c1-2-13-4-7(3-8(13)11(17)18)21(19,20)14-5-9(15)12-10(16)6-14/h3-4H,2,5-6H2,1H3,(H,17,18)(H,12,15,16). The minimum atomic E-state index is -4.11. The third kappa shape index (κ3) is 2.81. The molecule has 0 bridgehead atoms. The Hall–Kier alpha value is -2.20. The van der Waals surface area contributed by atoms with Crippen LogP contribution in [0.1, 0.15) is 17.4 Å². The van der Waals surface area contributed by atoms with E-state index in [0.717, 1.165) is 10.4 Å². The van der Waals surface area contributed by atoms with Crippen molar-refractivity contribution in [1.29, 1.82) is 0 Å². The lowest BCUT2D eigenvalue weighted by atomic mass is 10.4. The van der Waals surface area contributed by atoms with E-state index in [1.165, 1.54) is 10.8 Å². The van der Waals surface area contributed by atoms with Crippen LogP contribution in [0.3, 0.4) is 0 Å². The summed E-state index contributed by atoms with van der Waals surface area (Å²) in [5.41, 5.74) is -0.177. The first kappa shape index (κ1) is 15.2. The van der Waals surface area contributed by atoms with Crippen LogP contribution in [0.4, 0.5) is 0 Å². The van der Waals surface area contributed by atoms with Gasteiger partial charge in [0.15, 0.2) is 0 Å². The number of carbonyl (C=O) groups excluding carboxylic acids is 2. The molecule has 1 aliphatic rings. The maximum atomic E-state index is 12.4. The molecular formula is C11H13N3O6S. The number of aryl methyl sites for hydroxylation is 1. The van der Waals surface area contributed by atoms with Crippen LogP contribution in [0, 0.1) is 0 Å². The number of hydrogen-bond donors (Lipinski definition) is 2. The summed E-state index contributed by atoms with van der Waals surface area (Å²) in [7, 11) is -4.11. The van der Waals surface area contributed by atoms with E-state index in [4.69, 9.17) is 5.11 Å². The van der Waals surface area contributed by atoms with E-state index in [0.29, 0.717) is 0 Å². The zero-order chi connectivity index (χ0) is 15.8. The van der Waals surface area contributed by atoms with E-state index in [9.17, 15) is 22.8 Å². The van der Waals surface area contributed by atoms with Gasteiger partial charge in [-0.15, -0.1) is 0 Å². The number of rotatable bonds is 4. The molecular weight excluding hydrogens is 302 g/mol. The van der Waals surface area contributed by atoms with Gasteiger partial charge in [0.1, 0.15) is 10.6 Å². The average Bonchev–Trinajstić information content (AvgIpc) is 2.82. The predicted molar refractivity (Wildman–Crippen MR) is 69.0 cm³/mol. The highest BCUT2D eigenvalue weighted by atomic mass is 32.2. The second-order valence-corrected chi connectivity index (χ2v) is 6.33. The molecule has 0 radical (unpaired) electrons. The van der Waals surface area contributed by atoms with Crippen LogP contribution in [0.25, 0.3) is 0 Å². The normalized spacial score (nSPS) is 16.8. The third-order valence-corrected chi connectivity index (χ3v) is 4.74. The lowest BCUT2D eigenvalue weighted by Gasteiger charge is -2.24. The molecule has 0 aliphatic carbocycles. The fourth-order valence-electron chi connectivity index (χ4n) is 2.00. The highest BCUT2D eigenvalue weighted by molar-refractivity contribution is 7.89. The van der Waals surface area contributed by atoms with Gasteiger partial charge >= 0.3 is 5.97 Å². The molecule has 2 rings (SSSR count). The molecule has 21 heavy (non-hydrogen) atoms. The Bertz CT molecular complexity index is 704. The molecule has 1 aromatic heterocycles. The number of nitrogens with one attached hydrogen (secondary N) is 1. The van der Waals surface area contributed by atoms with Gasteiger partial charge in [0.05, 0.1) is 13.1 Å². The van der Waals surface area contributed by atoms with Crippen molar-refractivity contribution in [1.82, 2.24) is 14.2 Å². The number of sulfonamides is 1. The summed E-state index contributed by atoms with van der Waals surface area (Å²) in [4.78, 5) is 33.3. The Morgan fingerprint density at radius 3 is 2.33 bits per heavy atom.